The third-order valence-corrected chi connectivity index (χ3v) is 3.28. The highest BCUT2D eigenvalue weighted by molar-refractivity contribution is 6.31. The summed E-state index contributed by atoms with van der Waals surface area (Å²) >= 11 is 5.93. The van der Waals surface area contributed by atoms with Gasteiger partial charge in [-0.05, 0) is 30.5 Å². The molecular weight excluding hydrogens is 254 g/mol. The third kappa shape index (κ3) is 3.98. The number of aliphatic hydroxyl groups excluding tert-OH is 1. The van der Waals surface area contributed by atoms with Gasteiger partial charge in [0.05, 0.1) is 12.6 Å². The van der Waals surface area contributed by atoms with Crippen molar-refractivity contribution >= 4 is 17.6 Å². The van der Waals surface area contributed by atoms with Gasteiger partial charge >= 0.3 is 5.97 Å². The molecule has 2 atom stereocenters. The lowest BCUT2D eigenvalue weighted by atomic mass is 9.99. The SMILES string of the molecule is CCC(NCC(=O)O)C(O)c1ccc(Cl)c(C)c1. The standard InChI is InChI=1S/C13H18ClNO3/c1-3-11(15-7-12(16)17)13(18)9-4-5-10(14)8(2)6-9/h4-6,11,13,15,18H,3,7H2,1-2H3,(H,16,17). The van der Waals surface area contributed by atoms with Gasteiger partial charge in [-0.3, -0.25) is 4.79 Å². The number of rotatable bonds is 6. The molecule has 0 aromatic heterocycles. The van der Waals surface area contributed by atoms with Gasteiger partial charge in [-0.25, -0.2) is 0 Å². The fourth-order valence-corrected chi connectivity index (χ4v) is 1.90. The number of halogens is 1. The van der Waals surface area contributed by atoms with Crippen LogP contribution in [0.2, 0.25) is 5.02 Å². The van der Waals surface area contributed by atoms with Crippen molar-refractivity contribution in [2.45, 2.75) is 32.4 Å². The van der Waals surface area contributed by atoms with Crippen molar-refractivity contribution in [1.29, 1.82) is 0 Å². The van der Waals surface area contributed by atoms with Gasteiger partial charge in [-0.2, -0.15) is 0 Å². The highest BCUT2D eigenvalue weighted by Gasteiger charge is 2.19. The van der Waals surface area contributed by atoms with Crippen LogP contribution in [0.3, 0.4) is 0 Å². The van der Waals surface area contributed by atoms with E-state index in [9.17, 15) is 9.90 Å². The molecule has 0 fully saturated rings. The van der Waals surface area contributed by atoms with Crippen LogP contribution in [0.5, 0.6) is 0 Å². The van der Waals surface area contributed by atoms with Crippen molar-refractivity contribution in [3.8, 4) is 0 Å². The Morgan fingerprint density at radius 1 is 1.50 bits per heavy atom. The van der Waals surface area contributed by atoms with E-state index in [2.05, 4.69) is 5.32 Å². The Labute approximate surface area is 112 Å². The molecule has 0 saturated heterocycles. The van der Waals surface area contributed by atoms with Gasteiger partial charge in [0.2, 0.25) is 0 Å². The smallest absolute Gasteiger partial charge is 0.317 e. The van der Waals surface area contributed by atoms with Crippen molar-refractivity contribution in [1.82, 2.24) is 5.32 Å². The van der Waals surface area contributed by atoms with E-state index in [1.165, 1.54) is 0 Å². The average molecular weight is 272 g/mol. The second kappa shape index (κ2) is 6.73. The maximum absolute atomic E-state index is 10.5. The number of hydrogen-bond donors (Lipinski definition) is 3. The predicted molar refractivity (Wildman–Crippen MR) is 70.9 cm³/mol. The van der Waals surface area contributed by atoms with Crippen LogP contribution in [0.4, 0.5) is 0 Å². The van der Waals surface area contributed by atoms with Crippen LogP contribution in [0.25, 0.3) is 0 Å². The minimum absolute atomic E-state index is 0.165. The number of aliphatic hydroxyl groups is 1. The van der Waals surface area contributed by atoms with Crippen molar-refractivity contribution in [2.24, 2.45) is 0 Å². The Morgan fingerprint density at radius 3 is 2.67 bits per heavy atom. The van der Waals surface area contributed by atoms with Crippen LogP contribution in [0.1, 0.15) is 30.6 Å². The molecule has 0 heterocycles. The highest BCUT2D eigenvalue weighted by Crippen LogP contribution is 2.23. The Hall–Kier alpha value is -1.10. The number of carboxylic acid groups (broad SMARTS) is 1. The molecule has 0 spiro atoms. The van der Waals surface area contributed by atoms with Gasteiger partial charge in [0.1, 0.15) is 0 Å². The summed E-state index contributed by atoms with van der Waals surface area (Å²) in [5, 5.41) is 22.3. The quantitative estimate of drug-likeness (QED) is 0.741. The zero-order valence-corrected chi connectivity index (χ0v) is 11.2. The van der Waals surface area contributed by atoms with Crippen LogP contribution in [-0.2, 0) is 4.79 Å². The van der Waals surface area contributed by atoms with Gasteiger partial charge in [0, 0.05) is 11.1 Å². The molecule has 0 radical (unpaired) electrons. The van der Waals surface area contributed by atoms with Crippen LogP contribution in [0.15, 0.2) is 18.2 Å². The lowest BCUT2D eigenvalue weighted by Gasteiger charge is -2.23. The summed E-state index contributed by atoms with van der Waals surface area (Å²) in [6.45, 7) is 3.60. The number of benzene rings is 1. The number of carbonyl (C=O) groups is 1. The predicted octanol–water partition coefficient (Wildman–Crippen LogP) is 2.13. The largest absolute Gasteiger partial charge is 0.480 e. The molecule has 18 heavy (non-hydrogen) atoms. The maximum Gasteiger partial charge on any atom is 0.317 e. The first-order chi connectivity index (χ1) is 8.45. The summed E-state index contributed by atoms with van der Waals surface area (Å²) in [6, 6.07) is 5.02. The van der Waals surface area contributed by atoms with E-state index in [0.29, 0.717) is 11.4 Å². The summed E-state index contributed by atoms with van der Waals surface area (Å²) < 4.78 is 0. The number of aryl methyl sites for hydroxylation is 1. The zero-order chi connectivity index (χ0) is 13.7. The van der Waals surface area contributed by atoms with E-state index in [4.69, 9.17) is 16.7 Å². The minimum atomic E-state index is -0.937. The molecule has 0 aliphatic rings. The van der Waals surface area contributed by atoms with Gasteiger partial charge < -0.3 is 15.5 Å². The normalized spacial score (nSPS) is 14.2. The van der Waals surface area contributed by atoms with Crippen LogP contribution >= 0.6 is 11.6 Å². The van der Waals surface area contributed by atoms with Crippen molar-refractivity contribution in [2.75, 3.05) is 6.54 Å². The topological polar surface area (TPSA) is 69.6 Å². The first-order valence-electron chi connectivity index (χ1n) is 5.85. The zero-order valence-electron chi connectivity index (χ0n) is 10.5. The monoisotopic (exact) mass is 271 g/mol. The van der Waals surface area contributed by atoms with Gasteiger partial charge in [-0.1, -0.05) is 30.7 Å². The Bertz CT molecular complexity index is 423. The molecular formula is C13H18ClNO3. The van der Waals surface area contributed by atoms with Crippen molar-refractivity contribution in [3.63, 3.8) is 0 Å². The van der Waals surface area contributed by atoms with E-state index >= 15 is 0 Å². The molecule has 0 aliphatic heterocycles. The molecule has 0 aliphatic carbocycles. The molecule has 100 valence electrons. The second-order valence-corrected chi connectivity index (χ2v) is 4.65. The Morgan fingerprint density at radius 2 is 2.17 bits per heavy atom. The summed E-state index contributed by atoms with van der Waals surface area (Å²) in [6.07, 6.45) is -0.110. The fourth-order valence-electron chi connectivity index (χ4n) is 1.78. The molecule has 0 amide bonds. The van der Waals surface area contributed by atoms with Crippen LogP contribution in [-0.4, -0.2) is 28.8 Å². The fraction of sp³-hybridized carbons (Fsp3) is 0.462. The minimum Gasteiger partial charge on any atom is -0.480 e. The van der Waals surface area contributed by atoms with Crippen molar-refractivity contribution in [3.05, 3.63) is 34.3 Å². The molecule has 0 bridgehead atoms. The van der Waals surface area contributed by atoms with E-state index in [-0.39, 0.29) is 12.6 Å². The summed E-state index contributed by atoms with van der Waals surface area (Å²) in [5.74, 6) is -0.937. The summed E-state index contributed by atoms with van der Waals surface area (Å²) in [4.78, 5) is 10.5. The highest BCUT2D eigenvalue weighted by atomic mass is 35.5. The van der Waals surface area contributed by atoms with E-state index in [0.717, 1.165) is 11.1 Å². The molecule has 1 aromatic carbocycles. The summed E-state index contributed by atoms with van der Waals surface area (Å²) in [5.41, 5.74) is 1.63. The molecule has 5 heteroatoms. The lowest BCUT2D eigenvalue weighted by molar-refractivity contribution is -0.136. The molecule has 4 nitrogen and oxygen atoms in total. The first-order valence-corrected chi connectivity index (χ1v) is 6.22. The molecule has 1 aromatic rings. The number of aliphatic carboxylic acids is 1. The Balaban J connectivity index is 2.78. The van der Waals surface area contributed by atoms with Crippen LogP contribution < -0.4 is 5.32 Å². The van der Waals surface area contributed by atoms with E-state index < -0.39 is 12.1 Å². The first kappa shape index (κ1) is 15.0. The second-order valence-electron chi connectivity index (χ2n) is 4.24. The number of carboxylic acids is 1. The van der Waals surface area contributed by atoms with Gasteiger partial charge in [0.15, 0.2) is 0 Å². The van der Waals surface area contributed by atoms with Gasteiger partial charge in [-0.15, -0.1) is 0 Å². The van der Waals surface area contributed by atoms with Crippen molar-refractivity contribution < 1.29 is 15.0 Å². The number of hydrogen-bond acceptors (Lipinski definition) is 3. The third-order valence-electron chi connectivity index (χ3n) is 2.86. The summed E-state index contributed by atoms with van der Waals surface area (Å²) in [7, 11) is 0. The average Bonchev–Trinajstić information content (AvgIpc) is 2.32. The molecule has 2 unspecified atom stereocenters. The molecule has 3 N–H and O–H groups in total. The van der Waals surface area contributed by atoms with E-state index in [1.807, 2.05) is 19.9 Å². The number of nitrogens with one attached hydrogen (secondary N) is 1. The van der Waals surface area contributed by atoms with Crippen LogP contribution in [0, 0.1) is 6.92 Å². The lowest BCUT2D eigenvalue weighted by Crippen LogP contribution is -2.37. The maximum atomic E-state index is 10.5. The van der Waals surface area contributed by atoms with Gasteiger partial charge in [0.25, 0.3) is 0 Å². The molecule has 0 saturated carbocycles. The Kier molecular flexibility index (Phi) is 5.59. The molecule has 1 rings (SSSR count). The van der Waals surface area contributed by atoms with E-state index in [1.54, 1.807) is 12.1 Å².